The largest absolute Gasteiger partial charge is 0.465 e. The highest BCUT2D eigenvalue weighted by molar-refractivity contribution is 5.86. The molecule has 28 heavy (non-hydrogen) atoms. The van der Waals surface area contributed by atoms with Gasteiger partial charge in [-0.3, -0.25) is 14.6 Å². The highest BCUT2D eigenvalue weighted by Crippen LogP contribution is 2.57. The molecule has 0 bridgehead atoms. The molecule has 156 valence electrons. The van der Waals surface area contributed by atoms with Crippen molar-refractivity contribution in [3.63, 3.8) is 0 Å². The van der Waals surface area contributed by atoms with Crippen LogP contribution in [0.3, 0.4) is 0 Å². The van der Waals surface area contributed by atoms with Gasteiger partial charge in [-0.15, -0.1) is 0 Å². The van der Waals surface area contributed by atoms with Gasteiger partial charge in [0.2, 0.25) is 5.91 Å². The monoisotopic (exact) mass is 389 g/mol. The molecule has 4 rings (SSSR count). The minimum Gasteiger partial charge on any atom is -0.465 e. The fourth-order valence-electron chi connectivity index (χ4n) is 5.91. The number of rotatable bonds is 6. The van der Waals surface area contributed by atoms with Gasteiger partial charge in [0.25, 0.3) is 0 Å². The van der Waals surface area contributed by atoms with Crippen molar-refractivity contribution in [3.8, 4) is 0 Å². The number of amides is 1. The van der Waals surface area contributed by atoms with Crippen molar-refractivity contribution in [2.75, 3.05) is 59.5 Å². The van der Waals surface area contributed by atoms with Crippen molar-refractivity contribution in [1.29, 1.82) is 0 Å². The van der Waals surface area contributed by atoms with Gasteiger partial charge < -0.3 is 14.1 Å². The Hall–Kier alpha value is -1.37. The summed E-state index contributed by atoms with van der Waals surface area (Å²) in [6, 6.07) is 4.12. The second kappa shape index (κ2) is 7.81. The number of methoxy groups -OCH3 is 1. The van der Waals surface area contributed by atoms with Crippen LogP contribution in [0.15, 0.2) is 16.5 Å². The molecule has 0 N–H and O–H groups in total. The van der Waals surface area contributed by atoms with Crippen molar-refractivity contribution in [1.82, 2.24) is 14.7 Å². The second-order valence-corrected chi connectivity index (χ2v) is 8.99. The Morgan fingerprint density at radius 2 is 1.89 bits per heavy atom. The Bertz CT molecular complexity index is 695. The highest BCUT2D eigenvalue weighted by Gasteiger charge is 2.64. The van der Waals surface area contributed by atoms with Crippen LogP contribution in [0, 0.1) is 17.8 Å². The fourth-order valence-corrected chi connectivity index (χ4v) is 5.91. The number of furan rings is 1. The zero-order valence-corrected chi connectivity index (χ0v) is 17.7. The van der Waals surface area contributed by atoms with Crippen LogP contribution in [-0.2, 0) is 16.1 Å². The summed E-state index contributed by atoms with van der Waals surface area (Å²) in [5.74, 6) is 2.43. The summed E-state index contributed by atoms with van der Waals surface area (Å²) in [4.78, 5) is 20.5. The molecule has 3 fully saturated rings. The van der Waals surface area contributed by atoms with E-state index in [0.29, 0.717) is 5.91 Å². The first-order valence-corrected chi connectivity index (χ1v) is 10.8. The molecule has 0 saturated carbocycles. The quantitative estimate of drug-likeness (QED) is 0.748. The number of carbonyl (C=O) groups is 1. The summed E-state index contributed by atoms with van der Waals surface area (Å²) >= 11 is 0. The molecule has 1 atom stereocenters. The number of likely N-dealkylation sites (tertiary alicyclic amines) is 3. The lowest BCUT2D eigenvalue weighted by Gasteiger charge is -2.47. The van der Waals surface area contributed by atoms with E-state index in [0.717, 1.165) is 89.7 Å². The maximum absolute atomic E-state index is 13.5. The maximum Gasteiger partial charge on any atom is 0.230 e. The average Bonchev–Trinajstić information content (AvgIpc) is 3.34. The molecule has 0 unspecified atom stereocenters. The Morgan fingerprint density at radius 3 is 2.50 bits per heavy atom. The zero-order chi connectivity index (χ0) is 19.8. The number of hydrogen-bond donors (Lipinski definition) is 0. The lowest BCUT2D eigenvalue weighted by molar-refractivity contribution is -0.142. The molecule has 6 heteroatoms. The standard InChI is InChI=1S/C22H35N3O3/c1-4-25-12-9-22(20(25)26)17-24(13-14-27-3)16-21(22)7-10-23(11-8-21)15-19-6-5-18(2)28-19/h5-6H,4,7-17H2,1-3H3/t22-/m1/s1. The van der Waals surface area contributed by atoms with E-state index < -0.39 is 0 Å². The van der Waals surface area contributed by atoms with Gasteiger partial charge in [-0.25, -0.2) is 0 Å². The molecule has 0 aromatic carbocycles. The second-order valence-electron chi connectivity index (χ2n) is 8.99. The van der Waals surface area contributed by atoms with E-state index in [1.165, 1.54) is 0 Å². The number of hydrogen-bond acceptors (Lipinski definition) is 5. The molecule has 1 aromatic heterocycles. The first-order valence-electron chi connectivity index (χ1n) is 10.8. The van der Waals surface area contributed by atoms with Gasteiger partial charge in [0.05, 0.1) is 18.6 Å². The Labute approximate surface area is 168 Å². The van der Waals surface area contributed by atoms with Crippen molar-refractivity contribution < 1.29 is 13.9 Å². The van der Waals surface area contributed by atoms with Crippen LogP contribution >= 0.6 is 0 Å². The van der Waals surface area contributed by atoms with Crippen molar-refractivity contribution in [2.24, 2.45) is 10.8 Å². The number of ether oxygens (including phenoxy) is 1. The normalized spacial score (nSPS) is 28.2. The molecule has 0 radical (unpaired) electrons. The summed E-state index contributed by atoms with van der Waals surface area (Å²) in [7, 11) is 1.76. The number of carbonyl (C=O) groups excluding carboxylic acids is 1. The van der Waals surface area contributed by atoms with Crippen LogP contribution in [0.4, 0.5) is 0 Å². The van der Waals surface area contributed by atoms with Crippen molar-refractivity contribution in [3.05, 3.63) is 23.7 Å². The first-order chi connectivity index (χ1) is 13.5. The van der Waals surface area contributed by atoms with E-state index in [4.69, 9.17) is 9.15 Å². The van der Waals surface area contributed by atoms with E-state index in [1.807, 2.05) is 13.0 Å². The van der Waals surface area contributed by atoms with Crippen LogP contribution in [0.2, 0.25) is 0 Å². The number of nitrogens with zero attached hydrogens (tertiary/aromatic N) is 3. The summed E-state index contributed by atoms with van der Waals surface area (Å²) in [6.45, 7) is 12.4. The summed E-state index contributed by atoms with van der Waals surface area (Å²) in [5, 5.41) is 0. The van der Waals surface area contributed by atoms with Crippen molar-refractivity contribution >= 4 is 5.91 Å². The van der Waals surface area contributed by atoms with Crippen LogP contribution in [0.1, 0.15) is 37.7 Å². The molecule has 1 aromatic rings. The zero-order valence-electron chi connectivity index (χ0n) is 17.7. The predicted molar refractivity (Wildman–Crippen MR) is 108 cm³/mol. The SMILES string of the molecule is CCN1CC[C@@]2(CN(CCOC)CC23CCN(Cc2ccc(C)o2)CC3)C1=O. The smallest absolute Gasteiger partial charge is 0.230 e. The Kier molecular flexibility index (Phi) is 5.55. The molecule has 1 amide bonds. The Balaban J connectivity index is 1.50. The van der Waals surface area contributed by atoms with Gasteiger partial charge in [-0.05, 0) is 58.3 Å². The molecule has 3 aliphatic heterocycles. The fraction of sp³-hybridized carbons (Fsp3) is 0.773. The van der Waals surface area contributed by atoms with Gasteiger partial charge in [0.15, 0.2) is 0 Å². The first kappa shape index (κ1) is 19.9. The minimum absolute atomic E-state index is 0.108. The highest BCUT2D eigenvalue weighted by atomic mass is 16.5. The van der Waals surface area contributed by atoms with E-state index in [-0.39, 0.29) is 10.8 Å². The molecular formula is C22H35N3O3. The summed E-state index contributed by atoms with van der Waals surface area (Å²) in [5.41, 5.74) is -0.0819. The average molecular weight is 390 g/mol. The minimum atomic E-state index is -0.190. The van der Waals surface area contributed by atoms with Gasteiger partial charge in [0, 0.05) is 45.2 Å². The third kappa shape index (κ3) is 3.29. The predicted octanol–water partition coefficient (Wildman–Crippen LogP) is 2.37. The third-order valence-electron chi connectivity index (χ3n) is 7.52. The topological polar surface area (TPSA) is 49.2 Å². The molecular weight excluding hydrogens is 354 g/mol. The third-order valence-corrected chi connectivity index (χ3v) is 7.52. The Morgan fingerprint density at radius 1 is 1.11 bits per heavy atom. The van der Waals surface area contributed by atoms with E-state index >= 15 is 0 Å². The number of aryl methyl sites for hydroxylation is 1. The number of fused-ring (bicyclic) bond motifs is 1. The van der Waals surface area contributed by atoms with Gasteiger partial charge in [-0.2, -0.15) is 0 Å². The summed E-state index contributed by atoms with van der Waals surface area (Å²) < 4.78 is 11.1. The van der Waals surface area contributed by atoms with Gasteiger partial charge in [-0.1, -0.05) is 0 Å². The molecule has 0 aliphatic carbocycles. The maximum atomic E-state index is 13.5. The molecule has 3 saturated heterocycles. The summed E-state index contributed by atoms with van der Waals surface area (Å²) in [6.07, 6.45) is 3.21. The van der Waals surface area contributed by atoms with E-state index in [1.54, 1.807) is 7.11 Å². The van der Waals surface area contributed by atoms with Gasteiger partial charge >= 0.3 is 0 Å². The molecule has 6 nitrogen and oxygen atoms in total. The lowest BCUT2D eigenvalue weighted by Crippen LogP contribution is -2.52. The van der Waals surface area contributed by atoms with Crippen LogP contribution in [0.25, 0.3) is 0 Å². The van der Waals surface area contributed by atoms with E-state index in [2.05, 4.69) is 27.7 Å². The van der Waals surface area contributed by atoms with Crippen LogP contribution in [0.5, 0.6) is 0 Å². The number of piperidine rings is 1. The van der Waals surface area contributed by atoms with Crippen molar-refractivity contribution in [2.45, 2.75) is 39.7 Å². The molecule has 3 aliphatic rings. The lowest BCUT2D eigenvalue weighted by atomic mass is 9.60. The molecule has 2 spiro atoms. The van der Waals surface area contributed by atoms with E-state index in [9.17, 15) is 4.79 Å². The van der Waals surface area contributed by atoms with Crippen LogP contribution in [-0.4, -0.2) is 80.1 Å². The van der Waals surface area contributed by atoms with Crippen LogP contribution < -0.4 is 0 Å². The molecule has 4 heterocycles. The van der Waals surface area contributed by atoms with Gasteiger partial charge in [0.1, 0.15) is 11.5 Å².